The Balaban J connectivity index is 1.64. The second kappa shape index (κ2) is 9.58. The molecule has 2 aliphatic heterocycles. The maximum atomic E-state index is 12.0. The van der Waals surface area contributed by atoms with Gasteiger partial charge in [0.2, 0.25) is 11.8 Å². The number of imide groups is 1. The van der Waals surface area contributed by atoms with Gasteiger partial charge in [0, 0.05) is 33.1 Å². The van der Waals surface area contributed by atoms with E-state index in [0.29, 0.717) is 25.4 Å². The molecule has 2 aliphatic rings. The molecule has 136 valence electrons. The Morgan fingerprint density at radius 3 is 2.75 bits per heavy atom. The summed E-state index contributed by atoms with van der Waals surface area (Å²) in [5.41, 5.74) is 0. The first-order chi connectivity index (χ1) is 11.6. The highest BCUT2D eigenvalue weighted by molar-refractivity contribution is 5.94. The number of hydrogen-bond acceptors (Lipinski definition) is 5. The van der Waals surface area contributed by atoms with E-state index in [1.54, 1.807) is 0 Å². The van der Waals surface area contributed by atoms with Gasteiger partial charge in [-0.1, -0.05) is 0 Å². The van der Waals surface area contributed by atoms with Crippen LogP contribution in [0.15, 0.2) is 0 Å². The third-order valence-electron chi connectivity index (χ3n) is 4.68. The van der Waals surface area contributed by atoms with Gasteiger partial charge >= 0.3 is 6.03 Å². The molecule has 24 heavy (non-hydrogen) atoms. The van der Waals surface area contributed by atoms with E-state index < -0.39 is 6.03 Å². The maximum absolute atomic E-state index is 12.0. The van der Waals surface area contributed by atoms with Gasteiger partial charge in [0.15, 0.2) is 0 Å². The SMILES string of the molecule is CNC(=O)NC(=O)CCN1CCCC(CNC(=O)C2CCCN2)C1. The average molecular weight is 339 g/mol. The quantitative estimate of drug-likeness (QED) is 0.518. The number of nitrogens with one attached hydrogen (secondary N) is 4. The van der Waals surface area contributed by atoms with Gasteiger partial charge in [-0.15, -0.1) is 0 Å². The van der Waals surface area contributed by atoms with Crippen LogP contribution >= 0.6 is 0 Å². The van der Waals surface area contributed by atoms with Crippen molar-refractivity contribution < 1.29 is 14.4 Å². The number of carbonyl (C=O) groups excluding carboxylic acids is 3. The highest BCUT2D eigenvalue weighted by atomic mass is 16.2. The topological polar surface area (TPSA) is 103 Å². The molecule has 0 saturated carbocycles. The highest BCUT2D eigenvalue weighted by Gasteiger charge is 2.24. The van der Waals surface area contributed by atoms with Crippen LogP contribution in [0.2, 0.25) is 0 Å². The number of nitrogens with zero attached hydrogens (tertiary/aromatic N) is 1. The molecule has 4 N–H and O–H groups in total. The Kier molecular flexibility index (Phi) is 7.45. The number of rotatable bonds is 6. The van der Waals surface area contributed by atoms with Gasteiger partial charge in [-0.05, 0) is 44.7 Å². The molecule has 0 spiro atoms. The zero-order valence-corrected chi connectivity index (χ0v) is 14.4. The molecule has 0 aromatic carbocycles. The predicted molar refractivity (Wildman–Crippen MR) is 90.4 cm³/mol. The molecule has 2 rings (SSSR count). The van der Waals surface area contributed by atoms with Gasteiger partial charge in [0.05, 0.1) is 6.04 Å². The minimum Gasteiger partial charge on any atom is -0.354 e. The first-order valence-corrected chi connectivity index (χ1v) is 8.83. The monoisotopic (exact) mass is 339 g/mol. The van der Waals surface area contributed by atoms with E-state index in [-0.39, 0.29) is 17.9 Å². The maximum Gasteiger partial charge on any atom is 0.321 e. The molecule has 2 heterocycles. The van der Waals surface area contributed by atoms with Crippen LogP contribution in [0.25, 0.3) is 0 Å². The zero-order chi connectivity index (χ0) is 17.4. The van der Waals surface area contributed by atoms with Crippen LogP contribution in [-0.2, 0) is 9.59 Å². The molecule has 2 fully saturated rings. The first kappa shape index (κ1) is 18.7. The minimum absolute atomic E-state index is 0.0295. The van der Waals surface area contributed by atoms with Crippen molar-refractivity contribution in [1.82, 2.24) is 26.2 Å². The number of piperidine rings is 1. The lowest BCUT2D eigenvalue weighted by Gasteiger charge is -2.32. The number of hydrogen-bond donors (Lipinski definition) is 4. The minimum atomic E-state index is -0.472. The third-order valence-corrected chi connectivity index (χ3v) is 4.68. The van der Waals surface area contributed by atoms with Gasteiger partial charge in [0.1, 0.15) is 0 Å². The summed E-state index contributed by atoms with van der Waals surface area (Å²) in [7, 11) is 1.48. The van der Waals surface area contributed by atoms with Crippen molar-refractivity contribution in [3.05, 3.63) is 0 Å². The highest BCUT2D eigenvalue weighted by Crippen LogP contribution is 2.16. The Morgan fingerprint density at radius 1 is 1.21 bits per heavy atom. The summed E-state index contributed by atoms with van der Waals surface area (Å²) in [6, 6.07) is -0.502. The van der Waals surface area contributed by atoms with Crippen molar-refractivity contribution in [2.45, 2.75) is 38.1 Å². The molecule has 8 nitrogen and oxygen atoms in total. The van der Waals surface area contributed by atoms with Gasteiger partial charge in [-0.2, -0.15) is 0 Å². The second-order valence-electron chi connectivity index (χ2n) is 6.58. The number of likely N-dealkylation sites (tertiary alicyclic amines) is 1. The van der Waals surface area contributed by atoms with E-state index in [1.807, 2.05) is 0 Å². The normalized spacial score (nSPS) is 24.4. The molecule has 2 unspecified atom stereocenters. The number of carbonyl (C=O) groups is 3. The van der Waals surface area contributed by atoms with E-state index in [4.69, 9.17) is 0 Å². The molecule has 0 radical (unpaired) electrons. The van der Waals surface area contributed by atoms with Crippen LogP contribution in [0.3, 0.4) is 0 Å². The standard InChI is InChI=1S/C16H29N5O3/c1-17-16(24)20-14(22)6-9-21-8-3-4-12(11-21)10-19-15(23)13-5-2-7-18-13/h12-13,18H,2-11H2,1H3,(H,19,23)(H2,17,20,22,24). The Labute approximate surface area is 143 Å². The van der Waals surface area contributed by atoms with E-state index in [2.05, 4.69) is 26.2 Å². The second-order valence-corrected chi connectivity index (χ2v) is 6.58. The smallest absolute Gasteiger partial charge is 0.321 e. The Hall–Kier alpha value is -1.67. The van der Waals surface area contributed by atoms with Crippen molar-refractivity contribution in [3.63, 3.8) is 0 Å². The van der Waals surface area contributed by atoms with Gasteiger partial charge in [0.25, 0.3) is 0 Å². The Bertz CT molecular complexity index is 451. The summed E-state index contributed by atoms with van der Waals surface area (Å²) in [5, 5.41) is 10.9. The van der Waals surface area contributed by atoms with Gasteiger partial charge < -0.3 is 20.9 Å². The lowest BCUT2D eigenvalue weighted by atomic mass is 9.97. The summed E-state index contributed by atoms with van der Waals surface area (Å²) in [4.78, 5) is 37.0. The predicted octanol–water partition coefficient (Wildman–Crippen LogP) is -0.588. The van der Waals surface area contributed by atoms with E-state index in [1.165, 1.54) is 7.05 Å². The zero-order valence-electron chi connectivity index (χ0n) is 14.4. The molecular formula is C16H29N5O3. The average Bonchev–Trinajstić information content (AvgIpc) is 3.13. The molecule has 8 heteroatoms. The number of amides is 4. The largest absolute Gasteiger partial charge is 0.354 e. The lowest BCUT2D eigenvalue weighted by Crippen LogP contribution is -2.46. The summed E-state index contributed by atoms with van der Waals surface area (Å²) in [6.07, 6.45) is 4.45. The van der Waals surface area contributed by atoms with E-state index in [0.717, 1.165) is 45.3 Å². The van der Waals surface area contributed by atoms with Crippen LogP contribution < -0.4 is 21.3 Å². The van der Waals surface area contributed by atoms with Crippen molar-refractivity contribution in [1.29, 1.82) is 0 Å². The molecule has 0 bridgehead atoms. The van der Waals surface area contributed by atoms with Crippen LogP contribution in [-0.4, -0.2) is 68.6 Å². The van der Waals surface area contributed by atoms with Crippen LogP contribution in [0.4, 0.5) is 4.79 Å². The summed E-state index contributed by atoms with van der Waals surface area (Å²) < 4.78 is 0. The molecular weight excluding hydrogens is 310 g/mol. The summed E-state index contributed by atoms with van der Waals surface area (Å²) >= 11 is 0. The molecule has 0 aliphatic carbocycles. The van der Waals surface area contributed by atoms with Gasteiger partial charge in [-0.3, -0.25) is 14.9 Å². The molecule has 0 aromatic heterocycles. The van der Waals surface area contributed by atoms with E-state index in [9.17, 15) is 14.4 Å². The fourth-order valence-corrected chi connectivity index (χ4v) is 3.31. The fourth-order valence-electron chi connectivity index (χ4n) is 3.31. The summed E-state index contributed by atoms with van der Waals surface area (Å²) in [6.45, 7) is 4.09. The van der Waals surface area contributed by atoms with Crippen molar-refractivity contribution in [2.24, 2.45) is 5.92 Å². The van der Waals surface area contributed by atoms with Gasteiger partial charge in [-0.25, -0.2) is 4.79 Å². The number of urea groups is 1. The first-order valence-electron chi connectivity index (χ1n) is 8.83. The lowest BCUT2D eigenvalue weighted by molar-refractivity contribution is -0.123. The molecule has 0 aromatic rings. The van der Waals surface area contributed by atoms with Crippen LogP contribution in [0.1, 0.15) is 32.1 Å². The molecule has 2 atom stereocenters. The van der Waals surface area contributed by atoms with Crippen LogP contribution in [0, 0.1) is 5.92 Å². The van der Waals surface area contributed by atoms with Crippen molar-refractivity contribution in [3.8, 4) is 0 Å². The molecule has 4 amide bonds. The van der Waals surface area contributed by atoms with Crippen molar-refractivity contribution in [2.75, 3.05) is 39.8 Å². The summed E-state index contributed by atoms with van der Waals surface area (Å²) in [5.74, 6) is 0.262. The van der Waals surface area contributed by atoms with Crippen molar-refractivity contribution >= 4 is 17.8 Å². The van der Waals surface area contributed by atoms with Crippen LogP contribution in [0.5, 0.6) is 0 Å². The Morgan fingerprint density at radius 2 is 2.04 bits per heavy atom. The molecule has 2 saturated heterocycles. The fraction of sp³-hybridized carbons (Fsp3) is 0.812. The third kappa shape index (κ3) is 6.09. The van der Waals surface area contributed by atoms with E-state index >= 15 is 0 Å².